The van der Waals surface area contributed by atoms with Crippen LogP contribution in [0.15, 0.2) is 24.3 Å². The Morgan fingerprint density at radius 2 is 0.957 bits per heavy atom. The molecule has 0 aliphatic carbocycles. The van der Waals surface area contributed by atoms with E-state index in [1.165, 1.54) is 12.1 Å². The molecule has 0 saturated carbocycles. The normalized spacial score (nSPS) is 16.0. The van der Waals surface area contributed by atoms with Gasteiger partial charge in [0.15, 0.2) is 0 Å². The number of esters is 1. The van der Waals surface area contributed by atoms with Gasteiger partial charge in [0.1, 0.15) is 0 Å². The summed E-state index contributed by atoms with van der Waals surface area (Å²) in [5.41, 5.74) is -0.172. The molecule has 0 aromatic heterocycles. The van der Waals surface area contributed by atoms with Crippen LogP contribution < -0.4 is 0 Å². The minimum atomic E-state index is -8.69. The van der Waals surface area contributed by atoms with E-state index in [0.717, 1.165) is 12.1 Å². The zero-order valence-corrected chi connectivity index (χ0v) is 24.7. The zero-order chi connectivity index (χ0) is 37.0. The molecule has 0 amide bonds. The minimum absolute atomic E-state index is 0.0923. The van der Waals surface area contributed by atoms with Crippen LogP contribution in [0.25, 0.3) is 0 Å². The van der Waals surface area contributed by atoms with Gasteiger partial charge in [-0.05, 0) is 40.9 Å². The van der Waals surface area contributed by atoms with E-state index in [2.05, 4.69) is 4.74 Å². The van der Waals surface area contributed by atoms with Gasteiger partial charge in [-0.1, -0.05) is 53.7 Å². The van der Waals surface area contributed by atoms with Crippen molar-refractivity contribution in [2.75, 3.05) is 6.61 Å². The Kier molecular flexibility index (Phi) is 11.0. The number of ether oxygens (including phenoxy) is 1. The number of alkyl halides is 17. The van der Waals surface area contributed by atoms with Gasteiger partial charge in [0, 0.05) is 0 Å². The standard InChI is InChI=1S/C27H29F17O2/c1-18(2,3)13-16(19(4,5)6)14-7-9-15(10-8-14)17(45)46-12-11-20(28,29)21(30,31)22(32,33)23(34,35)24(36,37)25(38,39)26(40,41)27(42,43)44/h7-10,16H,11-13H2,1-6H3. The summed E-state index contributed by atoms with van der Waals surface area (Å²) in [5.74, 6) is -58.6. The molecule has 0 radical (unpaired) electrons. The summed E-state index contributed by atoms with van der Waals surface area (Å²) in [7, 11) is 0. The highest BCUT2D eigenvalue weighted by Crippen LogP contribution is 2.64. The topological polar surface area (TPSA) is 26.3 Å². The van der Waals surface area contributed by atoms with Gasteiger partial charge in [-0.2, -0.15) is 74.6 Å². The SMILES string of the molecule is CC(C)(C)CC(c1ccc(C(=O)OCCC(F)(F)C(F)(F)C(F)(F)C(F)(F)C(F)(F)C(F)(F)C(F)(F)C(F)(F)F)cc1)C(C)(C)C. The first kappa shape index (κ1) is 41.5. The summed E-state index contributed by atoms with van der Waals surface area (Å²) < 4.78 is 232. The summed E-state index contributed by atoms with van der Waals surface area (Å²) in [6.07, 6.45) is -10.0. The molecule has 0 saturated heterocycles. The van der Waals surface area contributed by atoms with Crippen molar-refractivity contribution in [1.29, 1.82) is 0 Å². The van der Waals surface area contributed by atoms with Crippen LogP contribution in [0.4, 0.5) is 74.6 Å². The van der Waals surface area contributed by atoms with E-state index in [1.54, 1.807) is 0 Å². The maximum atomic E-state index is 14.1. The highest BCUT2D eigenvalue weighted by atomic mass is 19.4. The molecule has 0 aliphatic heterocycles. The minimum Gasteiger partial charge on any atom is -0.462 e. The molecule has 1 aromatic rings. The summed E-state index contributed by atoms with van der Waals surface area (Å²) in [5, 5.41) is 0. The molecule has 2 nitrogen and oxygen atoms in total. The molecule has 268 valence electrons. The maximum absolute atomic E-state index is 14.1. The predicted octanol–water partition coefficient (Wildman–Crippen LogP) is 10.8. The fourth-order valence-corrected chi connectivity index (χ4v) is 4.10. The number of hydrogen-bond acceptors (Lipinski definition) is 2. The number of benzene rings is 1. The van der Waals surface area contributed by atoms with Gasteiger partial charge in [-0.3, -0.25) is 0 Å². The van der Waals surface area contributed by atoms with Gasteiger partial charge >= 0.3 is 53.6 Å². The predicted molar refractivity (Wildman–Crippen MR) is 128 cm³/mol. The van der Waals surface area contributed by atoms with Crippen LogP contribution in [-0.4, -0.2) is 60.2 Å². The number of rotatable bonds is 12. The number of carbonyl (C=O) groups is 1. The lowest BCUT2D eigenvalue weighted by molar-refractivity contribution is -0.461. The number of carbonyl (C=O) groups excluding carboxylic acids is 1. The van der Waals surface area contributed by atoms with Crippen LogP contribution in [0.1, 0.15) is 76.2 Å². The molecule has 0 aliphatic rings. The van der Waals surface area contributed by atoms with Gasteiger partial charge < -0.3 is 4.74 Å². The lowest BCUT2D eigenvalue weighted by Crippen LogP contribution is -2.74. The van der Waals surface area contributed by atoms with E-state index in [0.29, 0.717) is 12.0 Å². The first-order valence-corrected chi connectivity index (χ1v) is 12.9. The quantitative estimate of drug-likeness (QED) is 0.160. The van der Waals surface area contributed by atoms with E-state index in [1.807, 2.05) is 41.5 Å². The molecule has 0 N–H and O–H groups in total. The fraction of sp³-hybridized carbons (Fsp3) is 0.741. The number of hydrogen-bond donors (Lipinski definition) is 0. The molecular weight excluding hydrogens is 679 g/mol. The monoisotopic (exact) mass is 708 g/mol. The molecule has 46 heavy (non-hydrogen) atoms. The van der Waals surface area contributed by atoms with E-state index < -0.39 is 72.2 Å². The van der Waals surface area contributed by atoms with E-state index in [9.17, 15) is 79.4 Å². The summed E-state index contributed by atoms with van der Waals surface area (Å²) >= 11 is 0. The van der Waals surface area contributed by atoms with Crippen molar-refractivity contribution in [3.63, 3.8) is 0 Å². The van der Waals surface area contributed by atoms with Crippen LogP contribution in [0.5, 0.6) is 0 Å². The summed E-state index contributed by atoms with van der Waals surface area (Å²) in [6, 6.07) is 5.09. The van der Waals surface area contributed by atoms with Crippen molar-refractivity contribution in [3.8, 4) is 0 Å². The summed E-state index contributed by atoms with van der Waals surface area (Å²) in [4.78, 5) is 12.2. The van der Waals surface area contributed by atoms with E-state index in [4.69, 9.17) is 0 Å². The Balaban J connectivity index is 3.22. The third-order valence-electron chi connectivity index (χ3n) is 6.85. The first-order valence-electron chi connectivity index (χ1n) is 12.9. The smallest absolute Gasteiger partial charge is 0.460 e. The molecule has 1 rings (SSSR count). The lowest BCUT2D eigenvalue weighted by Gasteiger charge is -2.42. The average Bonchev–Trinajstić information content (AvgIpc) is 2.84. The largest absolute Gasteiger partial charge is 0.462 e. The van der Waals surface area contributed by atoms with Gasteiger partial charge in [-0.15, -0.1) is 0 Å². The van der Waals surface area contributed by atoms with Crippen LogP contribution in [0, 0.1) is 10.8 Å². The van der Waals surface area contributed by atoms with Gasteiger partial charge in [-0.25, -0.2) is 4.79 Å². The van der Waals surface area contributed by atoms with Crippen molar-refractivity contribution >= 4 is 5.97 Å². The van der Waals surface area contributed by atoms with Crippen LogP contribution in [0.3, 0.4) is 0 Å². The maximum Gasteiger partial charge on any atom is 0.460 e. The lowest BCUT2D eigenvalue weighted by atomic mass is 9.69. The van der Waals surface area contributed by atoms with Crippen molar-refractivity contribution in [2.24, 2.45) is 10.8 Å². The highest BCUT2D eigenvalue weighted by molar-refractivity contribution is 5.89. The second-order valence-corrected chi connectivity index (χ2v) is 12.8. The van der Waals surface area contributed by atoms with E-state index in [-0.39, 0.29) is 16.7 Å². The first-order chi connectivity index (χ1) is 19.9. The third kappa shape index (κ3) is 7.31. The number of halogens is 17. The molecule has 1 aromatic carbocycles. The third-order valence-corrected chi connectivity index (χ3v) is 6.85. The van der Waals surface area contributed by atoms with Crippen molar-refractivity contribution < 1.29 is 84.2 Å². The molecule has 0 bridgehead atoms. The van der Waals surface area contributed by atoms with Crippen LogP contribution in [-0.2, 0) is 4.74 Å². The zero-order valence-electron chi connectivity index (χ0n) is 24.7. The molecular formula is C27H29F17O2. The Labute approximate surface area is 251 Å². The van der Waals surface area contributed by atoms with Crippen LogP contribution >= 0.6 is 0 Å². The summed E-state index contributed by atoms with van der Waals surface area (Å²) in [6.45, 7) is 9.64. The fourth-order valence-electron chi connectivity index (χ4n) is 4.10. The molecule has 1 unspecified atom stereocenters. The van der Waals surface area contributed by atoms with Gasteiger partial charge in [0.2, 0.25) is 0 Å². The second-order valence-electron chi connectivity index (χ2n) is 12.8. The Morgan fingerprint density at radius 1 is 0.587 bits per heavy atom. The van der Waals surface area contributed by atoms with E-state index >= 15 is 0 Å². The average molecular weight is 708 g/mol. The Morgan fingerprint density at radius 3 is 1.30 bits per heavy atom. The molecule has 0 fully saturated rings. The van der Waals surface area contributed by atoms with Crippen molar-refractivity contribution in [3.05, 3.63) is 35.4 Å². The Hall–Kier alpha value is -2.50. The van der Waals surface area contributed by atoms with Crippen molar-refractivity contribution in [1.82, 2.24) is 0 Å². The molecule has 0 spiro atoms. The second kappa shape index (κ2) is 12.2. The van der Waals surface area contributed by atoms with Gasteiger partial charge in [0.25, 0.3) is 0 Å². The van der Waals surface area contributed by atoms with Crippen molar-refractivity contribution in [2.45, 2.75) is 108 Å². The highest BCUT2D eigenvalue weighted by Gasteiger charge is 2.95. The molecule has 1 atom stereocenters. The van der Waals surface area contributed by atoms with Gasteiger partial charge in [0.05, 0.1) is 18.6 Å². The molecule has 0 heterocycles. The van der Waals surface area contributed by atoms with Crippen LogP contribution in [0.2, 0.25) is 0 Å². The molecule has 19 heteroatoms. The Bertz CT molecular complexity index is 1200.